The van der Waals surface area contributed by atoms with Crippen LogP contribution in [0.1, 0.15) is 43.1 Å². The van der Waals surface area contributed by atoms with Gasteiger partial charge in [-0.3, -0.25) is 9.29 Å². The fraction of sp³-hybridized carbons (Fsp3) is 0.333. The number of likely N-dealkylation sites (tertiary alicyclic amines) is 1. The van der Waals surface area contributed by atoms with Crippen molar-refractivity contribution in [3.05, 3.63) is 83.2 Å². The number of phenolic OH excluding ortho intramolecular Hbond substituents is 2. The van der Waals surface area contributed by atoms with Crippen LogP contribution < -0.4 is 9.47 Å². The zero-order valence-corrected chi connectivity index (χ0v) is 21.0. The standard InChI is InChI=1S/C30H31F2NO4/c1-18(33-12-11-20(15-31)16-33)17-36-24-7-3-21(4-8-24)30-29(22-5-9-26(32)27(35)13-22)19(2)25-14-23(34)6-10-28(25)37-30/h3-10,13-14,18,20,30,34-35H,11-12,15-17H2,1-2H3/t18-,20-,30?/m0/s1. The maximum absolute atomic E-state index is 13.8. The van der Waals surface area contributed by atoms with Crippen LogP contribution in [0.4, 0.5) is 8.78 Å². The van der Waals surface area contributed by atoms with Crippen molar-refractivity contribution in [1.29, 1.82) is 0 Å². The number of alkyl halides is 1. The van der Waals surface area contributed by atoms with E-state index >= 15 is 0 Å². The van der Waals surface area contributed by atoms with Crippen LogP contribution in [-0.4, -0.2) is 47.5 Å². The minimum atomic E-state index is -0.696. The lowest BCUT2D eigenvalue weighted by Crippen LogP contribution is -2.35. The maximum Gasteiger partial charge on any atom is 0.164 e. The highest BCUT2D eigenvalue weighted by atomic mass is 19.1. The van der Waals surface area contributed by atoms with Gasteiger partial charge in [0.05, 0.1) is 6.67 Å². The summed E-state index contributed by atoms with van der Waals surface area (Å²) in [6.07, 6.45) is 0.373. The third kappa shape index (κ3) is 5.14. The molecule has 194 valence electrons. The van der Waals surface area contributed by atoms with Crippen molar-refractivity contribution in [3.63, 3.8) is 0 Å². The molecular weight excluding hydrogens is 476 g/mol. The van der Waals surface area contributed by atoms with E-state index in [1.807, 2.05) is 31.2 Å². The van der Waals surface area contributed by atoms with E-state index in [0.717, 1.165) is 47.5 Å². The molecule has 0 bridgehead atoms. The Bertz CT molecular complexity index is 1310. The van der Waals surface area contributed by atoms with Crippen LogP contribution in [0.3, 0.4) is 0 Å². The number of halogens is 2. The minimum Gasteiger partial charge on any atom is -0.508 e. The molecule has 7 heteroatoms. The van der Waals surface area contributed by atoms with Gasteiger partial charge in [0.15, 0.2) is 11.6 Å². The third-order valence-electron chi connectivity index (χ3n) is 7.37. The summed E-state index contributed by atoms with van der Waals surface area (Å²) in [5.41, 5.74) is 3.86. The van der Waals surface area contributed by atoms with Crippen molar-refractivity contribution in [2.75, 3.05) is 26.4 Å². The molecule has 0 saturated carbocycles. The highest BCUT2D eigenvalue weighted by Gasteiger charge is 2.30. The zero-order valence-electron chi connectivity index (χ0n) is 21.0. The summed E-state index contributed by atoms with van der Waals surface area (Å²) in [7, 11) is 0. The molecule has 37 heavy (non-hydrogen) atoms. The van der Waals surface area contributed by atoms with E-state index in [0.29, 0.717) is 17.9 Å². The number of aromatic hydroxyl groups is 2. The van der Waals surface area contributed by atoms with Crippen molar-refractivity contribution in [2.24, 2.45) is 5.92 Å². The molecule has 3 aromatic rings. The molecule has 0 radical (unpaired) electrons. The van der Waals surface area contributed by atoms with Crippen molar-refractivity contribution < 1.29 is 28.5 Å². The number of ether oxygens (including phenoxy) is 2. The molecule has 3 aromatic carbocycles. The number of fused-ring (bicyclic) bond motifs is 1. The Labute approximate surface area is 215 Å². The molecule has 1 saturated heterocycles. The second-order valence-corrected chi connectivity index (χ2v) is 9.92. The number of hydrogen-bond donors (Lipinski definition) is 2. The second-order valence-electron chi connectivity index (χ2n) is 9.92. The molecule has 0 aliphatic carbocycles. The van der Waals surface area contributed by atoms with Gasteiger partial charge in [0, 0.05) is 29.6 Å². The number of nitrogens with zero attached hydrogens (tertiary/aromatic N) is 1. The Morgan fingerprint density at radius 3 is 2.57 bits per heavy atom. The van der Waals surface area contributed by atoms with Crippen LogP contribution in [0, 0.1) is 11.7 Å². The number of allylic oxidation sites excluding steroid dienone is 1. The van der Waals surface area contributed by atoms with Crippen LogP contribution >= 0.6 is 0 Å². The van der Waals surface area contributed by atoms with Gasteiger partial charge in [0.25, 0.3) is 0 Å². The Kier molecular flexibility index (Phi) is 7.07. The Hall–Kier alpha value is -3.58. The summed E-state index contributed by atoms with van der Waals surface area (Å²) in [5.74, 6) is 0.456. The first-order valence-corrected chi connectivity index (χ1v) is 12.6. The first kappa shape index (κ1) is 25.1. The van der Waals surface area contributed by atoms with Gasteiger partial charge in [-0.1, -0.05) is 18.2 Å². The average Bonchev–Trinajstić information content (AvgIpc) is 3.39. The van der Waals surface area contributed by atoms with E-state index in [4.69, 9.17) is 9.47 Å². The molecule has 2 aliphatic heterocycles. The van der Waals surface area contributed by atoms with Gasteiger partial charge >= 0.3 is 0 Å². The summed E-state index contributed by atoms with van der Waals surface area (Å²) >= 11 is 0. The molecule has 2 N–H and O–H groups in total. The molecule has 0 aromatic heterocycles. The molecule has 1 unspecified atom stereocenters. The first-order chi connectivity index (χ1) is 17.8. The lowest BCUT2D eigenvalue weighted by molar-refractivity contribution is 0.165. The number of phenols is 2. The van der Waals surface area contributed by atoms with E-state index in [-0.39, 0.29) is 24.4 Å². The summed E-state index contributed by atoms with van der Waals surface area (Å²) in [5, 5.41) is 20.1. The molecule has 2 aliphatic rings. The molecule has 2 heterocycles. The average molecular weight is 508 g/mol. The predicted molar refractivity (Wildman–Crippen MR) is 139 cm³/mol. The van der Waals surface area contributed by atoms with E-state index in [9.17, 15) is 19.0 Å². The van der Waals surface area contributed by atoms with Gasteiger partial charge in [0.1, 0.15) is 30.0 Å². The van der Waals surface area contributed by atoms with Crippen LogP contribution in [0.25, 0.3) is 11.1 Å². The largest absolute Gasteiger partial charge is 0.508 e. The fourth-order valence-electron chi connectivity index (χ4n) is 5.17. The number of rotatable bonds is 7. The summed E-state index contributed by atoms with van der Waals surface area (Å²) in [6, 6.07) is 17.0. The topological polar surface area (TPSA) is 62.2 Å². The Balaban J connectivity index is 1.39. The summed E-state index contributed by atoms with van der Waals surface area (Å²) in [6.45, 7) is 5.92. The van der Waals surface area contributed by atoms with E-state index in [1.165, 1.54) is 12.1 Å². The fourth-order valence-corrected chi connectivity index (χ4v) is 5.17. The first-order valence-electron chi connectivity index (χ1n) is 12.6. The molecule has 5 nitrogen and oxygen atoms in total. The number of benzene rings is 3. The molecule has 5 rings (SSSR count). The number of hydrogen-bond acceptors (Lipinski definition) is 5. The van der Waals surface area contributed by atoms with Gasteiger partial charge in [-0.05, 0) is 86.0 Å². The highest BCUT2D eigenvalue weighted by Crippen LogP contribution is 2.48. The normalized spacial score (nSPS) is 20.4. The van der Waals surface area contributed by atoms with Crippen LogP contribution in [0.5, 0.6) is 23.0 Å². The zero-order chi connectivity index (χ0) is 26.1. The van der Waals surface area contributed by atoms with E-state index in [1.54, 1.807) is 24.3 Å². The quantitative estimate of drug-likeness (QED) is 0.390. The van der Waals surface area contributed by atoms with E-state index < -0.39 is 17.7 Å². The smallest absolute Gasteiger partial charge is 0.164 e. The van der Waals surface area contributed by atoms with Gasteiger partial charge in [-0.25, -0.2) is 4.39 Å². The van der Waals surface area contributed by atoms with Crippen LogP contribution in [0.2, 0.25) is 0 Å². The predicted octanol–water partition coefficient (Wildman–Crippen LogP) is 6.36. The highest BCUT2D eigenvalue weighted by molar-refractivity contribution is 5.95. The van der Waals surface area contributed by atoms with Crippen molar-refractivity contribution >= 4 is 11.1 Å². The Morgan fingerprint density at radius 2 is 1.86 bits per heavy atom. The molecular formula is C30H31F2NO4. The molecule has 1 fully saturated rings. The van der Waals surface area contributed by atoms with Gasteiger partial charge in [-0.15, -0.1) is 0 Å². The van der Waals surface area contributed by atoms with Gasteiger partial charge in [0.2, 0.25) is 0 Å². The second kappa shape index (κ2) is 10.4. The lowest BCUT2D eigenvalue weighted by atomic mass is 9.86. The van der Waals surface area contributed by atoms with Crippen LogP contribution in [0.15, 0.2) is 60.7 Å². The molecule has 0 spiro atoms. The monoisotopic (exact) mass is 507 g/mol. The van der Waals surface area contributed by atoms with E-state index in [2.05, 4.69) is 11.8 Å². The maximum atomic E-state index is 13.8. The van der Waals surface area contributed by atoms with Gasteiger partial charge in [-0.2, -0.15) is 0 Å². The van der Waals surface area contributed by atoms with Crippen molar-refractivity contribution in [2.45, 2.75) is 32.4 Å². The summed E-state index contributed by atoms with van der Waals surface area (Å²) < 4.78 is 39.2. The summed E-state index contributed by atoms with van der Waals surface area (Å²) in [4.78, 5) is 2.27. The Morgan fingerprint density at radius 1 is 1.08 bits per heavy atom. The minimum absolute atomic E-state index is 0.117. The van der Waals surface area contributed by atoms with Crippen LogP contribution in [-0.2, 0) is 0 Å². The van der Waals surface area contributed by atoms with Crippen molar-refractivity contribution in [3.8, 4) is 23.0 Å². The lowest BCUT2D eigenvalue weighted by Gasteiger charge is -2.31. The molecule has 0 amide bonds. The van der Waals surface area contributed by atoms with Gasteiger partial charge < -0.3 is 19.7 Å². The third-order valence-corrected chi connectivity index (χ3v) is 7.37. The molecule has 3 atom stereocenters. The SMILES string of the molecule is CC1=C(c2ccc(F)c(O)c2)C(c2ccc(OC[C@H](C)N3CC[C@@H](CF)C3)cc2)Oc2ccc(O)cc21. The van der Waals surface area contributed by atoms with Crippen molar-refractivity contribution in [1.82, 2.24) is 4.90 Å².